The molecular formula is C24H20Cl2N4O2. The minimum Gasteiger partial charge on any atom is -0.489 e. The predicted octanol–water partition coefficient (Wildman–Crippen LogP) is 5.94. The average molecular weight is 467 g/mol. The lowest BCUT2D eigenvalue weighted by Gasteiger charge is -2.27. The molecule has 4 rings (SSSR count). The van der Waals surface area contributed by atoms with Gasteiger partial charge in [-0.2, -0.15) is 10.2 Å². The van der Waals surface area contributed by atoms with Crippen LogP contribution in [0.15, 0.2) is 52.9 Å². The lowest BCUT2D eigenvalue weighted by Crippen LogP contribution is -2.19. The van der Waals surface area contributed by atoms with Gasteiger partial charge in [-0.05, 0) is 35.4 Å². The number of rotatable bonds is 6. The van der Waals surface area contributed by atoms with Crippen LogP contribution in [0.1, 0.15) is 30.5 Å². The Hall–Kier alpha value is -3.27. The van der Waals surface area contributed by atoms with E-state index in [1.54, 1.807) is 0 Å². The summed E-state index contributed by atoms with van der Waals surface area (Å²) in [6.45, 7) is 4.44. The van der Waals surface area contributed by atoms with Crippen LogP contribution in [0.25, 0.3) is 22.5 Å². The van der Waals surface area contributed by atoms with Gasteiger partial charge < -0.3 is 14.9 Å². The first-order valence-electron chi connectivity index (χ1n) is 9.90. The SMILES string of the molecule is CC(C)(c1ccc(-c2ccc3nc(N)oc3n2)cc1)c1cc(Cl)c(OCCCl)c(C#N)c1. The Balaban J connectivity index is 1.66. The highest BCUT2D eigenvalue weighted by Crippen LogP contribution is 2.38. The number of hydrogen-bond acceptors (Lipinski definition) is 6. The number of aromatic nitrogens is 2. The molecule has 0 saturated heterocycles. The molecule has 32 heavy (non-hydrogen) atoms. The maximum atomic E-state index is 9.59. The summed E-state index contributed by atoms with van der Waals surface area (Å²) in [5.41, 5.74) is 10.3. The maximum Gasteiger partial charge on any atom is 0.294 e. The largest absolute Gasteiger partial charge is 0.489 e. The number of alkyl halides is 1. The normalized spacial score (nSPS) is 11.5. The summed E-state index contributed by atoms with van der Waals surface area (Å²) in [4.78, 5) is 8.57. The zero-order valence-corrected chi connectivity index (χ0v) is 19.0. The number of halogens is 2. The summed E-state index contributed by atoms with van der Waals surface area (Å²) in [6.07, 6.45) is 0. The van der Waals surface area contributed by atoms with Crippen LogP contribution >= 0.6 is 23.2 Å². The van der Waals surface area contributed by atoms with Crippen molar-refractivity contribution in [2.24, 2.45) is 0 Å². The molecule has 2 N–H and O–H groups in total. The monoisotopic (exact) mass is 466 g/mol. The minimum atomic E-state index is -0.407. The fourth-order valence-electron chi connectivity index (χ4n) is 3.54. The topological polar surface area (TPSA) is 98.0 Å². The van der Waals surface area contributed by atoms with E-state index in [0.29, 0.717) is 33.4 Å². The van der Waals surface area contributed by atoms with Crippen LogP contribution < -0.4 is 10.5 Å². The number of nitriles is 1. The molecule has 0 spiro atoms. The molecular weight excluding hydrogens is 447 g/mol. The number of nitrogens with two attached hydrogens (primary N) is 1. The first kappa shape index (κ1) is 21.9. The van der Waals surface area contributed by atoms with Gasteiger partial charge in [-0.3, -0.25) is 0 Å². The number of benzene rings is 2. The van der Waals surface area contributed by atoms with Crippen LogP contribution in [-0.2, 0) is 5.41 Å². The van der Waals surface area contributed by atoms with Crippen molar-refractivity contribution in [1.82, 2.24) is 9.97 Å². The zero-order valence-electron chi connectivity index (χ0n) is 17.5. The molecule has 0 fully saturated rings. The number of nitrogens with zero attached hydrogens (tertiary/aromatic N) is 3. The van der Waals surface area contributed by atoms with E-state index in [9.17, 15) is 5.26 Å². The molecule has 8 heteroatoms. The van der Waals surface area contributed by atoms with E-state index in [2.05, 4.69) is 29.9 Å². The molecule has 0 atom stereocenters. The molecule has 0 saturated carbocycles. The van der Waals surface area contributed by atoms with Crippen molar-refractivity contribution in [2.45, 2.75) is 19.3 Å². The van der Waals surface area contributed by atoms with Gasteiger partial charge in [0.2, 0.25) is 5.71 Å². The fourth-order valence-corrected chi connectivity index (χ4v) is 3.89. The standard InChI is InChI=1S/C24H20Cl2N4O2/c1-24(2,17-11-15(13-27)21(18(26)12-17)31-10-9-25)16-5-3-14(4-6-16)19-7-8-20-22(29-19)32-23(28)30-20/h3-8,11-12H,9-10H2,1-2H3,(H2,28,30). The molecule has 0 aliphatic heterocycles. The van der Waals surface area contributed by atoms with Gasteiger partial charge in [-0.15, -0.1) is 11.6 Å². The summed E-state index contributed by atoms with van der Waals surface area (Å²) in [5.74, 6) is 0.672. The molecule has 0 amide bonds. The van der Waals surface area contributed by atoms with Gasteiger partial charge in [0, 0.05) is 11.0 Å². The molecule has 2 heterocycles. The molecule has 0 aliphatic rings. The maximum absolute atomic E-state index is 9.59. The Morgan fingerprint density at radius 1 is 1.09 bits per heavy atom. The van der Waals surface area contributed by atoms with Gasteiger partial charge in [0.1, 0.15) is 18.2 Å². The first-order chi connectivity index (χ1) is 15.3. The molecule has 2 aromatic carbocycles. The van der Waals surface area contributed by atoms with Crippen LogP contribution in [0.5, 0.6) is 5.75 Å². The molecule has 0 unspecified atom stereocenters. The summed E-state index contributed by atoms with van der Waals surface area (Å²) in [7, 11) is 0. The number of ether oxygens (including phenoxy) is 1. The van der Waals surface area contributed by atoms with Gasteiger partial charge in [-0.1, -0.05) is 49.7 Å². The second-order valence-corrected chi connectivity index (χ2v) is 8.54. The van der Waals surface area contributed by atoms with E-state index in [0.717, 1.165) is 22.4 Å². The Labute approximate surface area is 195 Å². The van der Waals surface area contributed by atoms with Crippen LogP contribution in [0, 0.1) is 11.3 Å². The van der Waals surface area contributed by atoms with Crippen molar-refractivity contribution in [3.63, 3.8) is 0 Å². The molecule has 0 aliphatic carbocycles. The minimum absolute atomic E-state index is 0.0937. The predicted molar refractivity (Wildman–Crippen MR) is 126 cm³/mol. The van der Waals surface area contributed by atoms with E-state index in [1.807, 2.05) is 48.5 Å². The Bertz CT molecular complexity index is 1320. The second-order valence-electron chi connectivity index (χ2n) is 7.76. The fraction of sp³-hybridized carbons (Fsp3) is 0.208. The van der Waals surface area contributed by atoms with E-state index in [1.165, 1.54) is 0 Å². The van der Waals surface area contributed by atoms with Crippen molar-refractivity contribution in [3.8, 4) is 23.1 Å². The molecule has 4 aromatic rings. The summed E-state index contributed by atoms with van der Waals surface area (Å²) in [5, 5.41) is 9.98. The van der Waals surface area contributed by atoms with E-state index >= 15 is 0 Å². The summed E-state index contributed by atoms with van der Waals surface area (Å²) >= 11 is 12.1. The molecule has 2 aromatic heterocycles. The quantitative estimate of drug-likeness (QED) is 0.353. The van der Waals surface area contributed by atoms with E-state index in [4.69, 9.17) is 38.1 Å². The number of fused-ring (bicyclic) bond motifs is 1. The lowest BCUT2D eigenvalue weighted by molar-refractivity contribution is 0.341. The van der Waals surface area contributed by atoms with E-state index < -0.39 is 5.41 Å². The Morgan fingerprint density at radius 2 is 1.84 bits per heavy atom. The van der Waals surface area contributed by atoms with Crippen molar-refractivity contribution < 1.29 is 9.15 Å². The highest BCUT2D eigenvalue weighted by atomic mass is 35.5. The molecule has 0 bridgehead atoms. The number of nitrogen functional groups attached to an aromatic ring is 1. The third-order valence-corrected chi connectivity index (χ3v) is 5.82. The summed E-state index contributed by atoms with van der Waals surface area (Å²) in [6, 6.07) is 17.7. The number of hydrogen-bond donors (Lipinski definition) is 1. The van der Waals surface area contributed by atoms with Crippen molar-refractivity contribution in [1.29, 1.82) is 5.26 Å². The summed E-state index contributed by atoms with van der Waals surface area (Å²) < 4.78 is 10.9. The number of pyridine rings is 1. The highest BCUT2D eigenvalue weighted by Gasteiger charge is 2.26. The second kappa shape index (κ2) is 8.70. The highest BCUT2D eigenvalue weighted by molar-refractivity contribution is 6.32. The third-order valence-electron chi connectivity index (χ3n) is 5.38. The Morgan fingerprint density at radius 3 is 2.53 bits per heavy atom. The van der Waals surface area contributed by atoms with Gasteiger partial charge in [0.25, 0.3) is 6.01 Å². The van der Waals surface area contributed by atoms with Crippen LogP contribution in [0.2, 0.25) is 5.02 Å². The van der Waals surface area contributed by atoms with Gasteiger partial charge in [-0.25, -0.2) is 4.98 Å². The zero-order chi connectivity index (χ0) is 22.9. The van der Waals surface area contributed by atoms with Crippen molar-refractivity contribution in [3.05, 3.63) is 70.2 Å². The van der Waals surface area contributed by atoms with Gasteiger partial charge in [0.15, 0.2) is 5.75 Å². The lowest BCUT2D eigenvalue weighted by atomic mass is 9.77. The number of anilines is 1. The smallest absolute Gasteiger partial charge is 0.294 e. The van der Waals surface area contributed by atoms with Gasteiger partial charge >= 0.3 is 0 Å². The molecule has 162 valence electrons. The molecule has 6 nitrogen and oxygen atoms in total. The first-order valence-corrected chi connectivity index (χ1v) is 10.8. The van der Waals surface area contributed by atoms with Crippen LogP contribution in [-0.4, -0.2) is 22.5 Å². The van der Waals surface area contributed by atoms with Crippen molar-refractivity contribution in [2.75, 3.05) is 18.2 Å². The third kappa shape index (κ3) is 4.10. The average Bonchev–Trinajstić information content (AvgIpc) is 3.17. The van der Waals surface area contributed by atoms with Crippen molar-refractivity contribution >= 4 is 40.4 Å². The van der Waals surface area contributed by atoms with Gasteiger partial charge in [0.05, 0.1) is 22.2 Å². The van der Waals surface area contributed by atoms with Crippen LogP contribution in [0.3, 0.4) is 0 Å². The van der Waals surface area contributed by atoms with Crippen LogP contribution in [0.4, 0.5) is 6.01 Å². The Kier molecular flexibility index (Phi) is 5.96. The van der Waals surface area contributed by atoms with E-state index in [-0.39, 0.29) is 12.6 Å². The molecule has 0 radical (unpaired) electrons. The number of oxazole rings is 1.